The molecule has 0 aliphatic heterocycles. The molecule has 24 heavy (non-hydrogen) atoms. The highest BCUT2D eigenvalue weighted by Crippen LogP contribution is 2.27. The highest BCUT2D eigenvalue weighted by atomic mass is 32.1. The summed E-state index contributed by atoms with van der Waals surface area (Å²) in [6.07, 6.45) is 1.54. The molecule has 0 fully saturated rings. The Kier molecular flexibility index (Phi) is 4.52. The van der Waals surface area contributed by atoms with Crippen LogP contribution in [0.25, 0.3) is 11.3 Å². The van der Waals surface area contributed by atoms with Crippen molar-refractivity contribution < 1.29 is 4.92 Å². The number of rotatable bonds is 5. The summed E-state index contributed by atoms with van der Waals surface area (Å²) in [4.78, 5) is 19.2. The fraction of sp³-hybridized carbons (Fsp3) is 0.176. The highest BCUT2D eigenvalue weighted by Gasteiger charge is 2.16. The molecule has 0 radical (unpaired) electrons. The largest absolute Gasteiger partial charge is 0.358 e. The van der Waals surface area contributed by atoms with E-state index in [1.807, 2.05) is 43.5 Å². The molecule has 0 aliphatic rings. The smallest absolute Gasteiger partial charge is 0.311 e. The summed E-state index contributed by atoms with van der Waals surface area (Å²) in [5.74, 6) is 0.272. The zero-order chi connectivity index (χ0) is 17.1. The Morgan fingerprint density at radius 1 is 1.25 bits per heavy atom. The van der Waals surface area contributed by atoms with Crippen LogP contribution in [0.3, 0.4) is 0 Å². The zero-order valence-electron chi connectivity index (χ0n) is 13.3. The van der Waals surface area contributed by atoms with Crippen molar-refractivity contribution in [2.45, 2.75) is 19.9 Å². The standard InChI is InChI=1S/C17H16N4O2S/c1-11(19-17-16(21(22)23)4-3-9-18-17)13-5-7-14(8-6-13)15-10-24-12(2)20-15/h3-11H,1-2H3,(H,18,19). The van der Waals surface area contributed by atoms with Crippen molar-refractivity contribution in [2.24, 2.45) is 0 Å². The average Bonchev–Trinajstić information content (AvgIpc) is 3.02. The third kappa shape index (κ3) is 3.41. The van der Waals surface area contributed by atoms with Crippen LogP contribution in [-0.2, 0) is 0 Å². The van der Waals surface area contributed by atoms with Gasteiger partial charge in [0.25, 0.3) is 0 Å². The van der Waals surface area contributed by atoms with Crippen molar-refractivity contribution in [3.8, 4) is 11.3 Å². The molecule has 1 atom stereocenters. The topological polar surface area (TPSA) is 81.0 Å². The third-order valence-electron chi connectivity index (χ3n) is 3.66. The van der Waals surface area contributed by atoms with Gasteiger partial charge in [0, 0.05) is 23.2 Å². The first-order valence-corrected chi connectivity index (χ1v) is 8.31. The molecule has 0 bridgehead atoms. The highest BCUT2D eigenvalue weighted by molar-refractivity contribution is 7.09. The van der Waals surface area contributed by atoms with Gasteiger partial charge in [-0.1, -0.05) is 24.3 Å². The van der Waals surface area contributed by atoms with Crippen LogP contribution < -0.4 is 5.32 Å². The molecule has 0 aliphatic carbocycles. The Bertz CT molecular complexity index is 861. The molecule has 3 aromatic rings. The number of aryl methyl sites for hydroxylation is 1. The molecule has 1 unspecified atom stereocenters. The van der Waals surface area contributed by atoms with Crippen LogP contribution in [-0.4, -0.2) is 14.9 Å². The second kappa shape index (κ2) is 6.76. The minimum Gasteiger partial charge on any atom is -0.358 e. The van der Waals surface area contributed by atoms with Gasteiger partial charge in [0.05, 0.1) is 21.7 Å². The molecule has 122 valence electrons. The minimum atomic E-state index is -0.435. The van der Waals surface area contributed by atoms with Gasteiger partial charge in [-0.2, -0.15) is 0 Å². The molecule has 6 nitrogen and oxygen atoms in total. The van der Waals surface area contributed by atoms with Gasteiger partial charge in [-0.05, 0) is 25.5 Å². The fourth-order valence-electron chi connectivity index (χ4n) is 2.38. The lowest BCUT2D eigenvalue weighted by Gasteiger charge is -2.15. The van der Waals surface area contributed by atoms with Crippen molar-refractivity contribution in [3.63, 3.8) is 0 Å². The van der Waals surface area contributed by atoms with E-state index in [-0.39, 0.29) is 17.5 Å². The lowest BCUT2D eigenvalue weighted by Crippen LogP contribution is -2.09. The summed E-state index contributed by atoms with van der Waals surface area (Å²) < 4.78 is 0. The zero-order valence-corrected chi connectivity index (χ0v) is 14.1. The molecule has 1 aromatic carbocycles. The van der Waals surface area contributed by atoms with E-state index in [2.05, 4.69) is 15.3 Å². The maximum atomic E-state index is 11.1. The molecular weight excluding hydrogens is 324 g/mol. The lowest BCUT2D eigenvalue weighted by molar-refractivity contribution is -0.384. The van der Waals surface area contributed by atoms with E-state index < -0.39 is 4.92 Å². The number of hydrogen-bond acceptors (Lipinski definition) is 6. The molecule has 0 spiro atoms. The fourth-order valence-corrected chi connectivity index (χ4v) is 3.00. The minimum absolute atomic E-state index is 0.0288. The van der Waals surface area contributed by atoms with Crippen LogP contribution in [0.2, 0.25) is 0 Å². The predicted octanol–water partition coefficient (Wildman–Crippen LogP) is 4.59. The van der Waals surface area contributed by atoms with Gasteiger partial charge in [0.15, 0.2) is 0 Å². The summed E-state index contributed by atoms with van der Waals surface area (Å²) in [6, 6.07) is 10.9. The van der Waals surface area contributed by atoms with Crippen molar-refractivity contribution >= 4 is 22.8 Å². The molecule has 0 saturated carbocycles. The number of benzene rings is 1. The molecule has 0 amide bonds. The van der Waals surface area contributed by atoms with Crippen LogP contribution in [0.4, 0.5) is 11.5 Å². The number of aromatic nitrogens is 2. The van der Waals surface area contributed by atoms with Crippen LogP contribution in [0.5, 0.6) is 0 Å². The second-order valence-corrected chi connectivity index (χ2v) is 6.43. The van der Waals surface area contributed by atoms with Crippen molar-refractivity contribution in [1.29, 1.82) is 0 Å². The maximum absolute atomic E-state index is 11.1. The van der Waals surface area contributed by atoms with E-state index in [9.17, 15) is 10.1 Å². The van der Waals surface area contributed by atoms with E-state index in [4.69, 9.17) is 0 Å². The second-order valence-electron chi connectivity index (χ2n) is 5.37. The molecule has 2 heterocycles. The number of anilines is 1. The number of nitro groups is 1. The third-order valence-corrected chi connectivity index (χ3v) is 4.44. The van der Waals surface area contributed by atoms with Gasteiger partial charge < -0.3 is 5.32 Å². The van der Waals surface area contributed by atoms with E-state index in [0.717, 1.165) is 21.8 Å². The lowest BCUT2D eigenvalue weighted by atomic mass is 10.0. The van der Waals surface area contributed by atoms with Gasteiger partial charge >= 0.3 is 5.69 Å². The number of thiazole rings is 1. The van der Waals surface area contributed by atoms with Gasteiger partial charge in [0.1, 0.15) is 0 Å². The SMILES string of the molecule is Cc1nc(-c2ccc(C(C)Nc3ncccc3[N+](=O)[O-])cc2)cs1. The number of nitrogens with zero attached hydrogens (tertiary/aromatic N) is 3. The Morgan fingerprint density at radius 2 is 2.00 bits per heavy atom. The number of hydrogen-bond donors (Lipinski definition) is 1. The van der Waals surface area contributed by atoms with Crippen molar-refractivity contribution in [2.75, 3.05) is 5.32 Å². The first kappa shape index (κ1) is 16.1. The van der Waals surface area contributed by atoms with E-state index >= 15 is 0 Å². The van der Waals surface area contributed by atoms with Crippen LogP contribution in [0.15, 0.2) is 48.0 Å². The number of pyridine rings is 1. The van der Waals surface area contributed by atoms with Crippen molar-refractivity contribution in [3.05, 3.63) is 68.7 Å². The Morgan fingerprint density at radius 3 is 2.62 bits per heavy atom. The van der Waals surface area contributed by atoms with Crippen LogP contribution >= 0.6 is 11.3 Å². The van der Waals surface area contributed by atoms with Gasteiger partial charge in [-0.25, -0.2) is 9.97 Å². The quantitative estimate of drug-likeness (QED) is 0.542. The van der Waals surface area contributed by atoms with E-state index in [1.54, 1.807) is 17.4 Å². The normalized spacial score (nSPS) is 11.9. The Balaban J connectivity index is 1.78. The maximum Gasteiger partial charge on any atom is 0.311 e. The molecular formula is C17H16N4O2S. The summed E-state index contributed by atoms with van der Waals surface area (Å²) in [7, 11) is 0. The molecule has 2 aromatic heterocycles. The summed E-state index contributed by atoms with van der Waals surface area (Å²) in [6.45, 7) is 3.93. The first-order valence-electron chi connectivity index (χ1n) is 7.43. The number of nitrogens with one attached hydrogen (secondary N) is 1. The van der Waals surface area contributed by atoms with Gasteiger partial charge in [-0.3, -0.25) is 10.1 Å². The summed E-state index contributed by atoms with van der Waals surface area (Å²) >= 11 is 1.62. The van der Waals surface area contributed by atoms with Crippen LogP contribution in [0.1, 0.15) is 23.5 Å². The van der Waals surface area contributed by atoms with E-state index in [1.165, 1.54) is 12.3 Å². The molecule has 3 rings (SSSR count). The monoisotopic (exact) mass is 340 g/mol. The van der Waals surface area contributed by atoms with Crippen molar-refractivity contribution in [1.82, 2.24) is 9.97 Å². The Hall–Kier alpha value is -2.80. The van der Waals surface area contributed by atoms with Gasteiger partial charge in [0.2, 0.25) is 5.82 Å². The Labute approximate surface area is 143 Å². The summed E-state index contributed by atoms with van der Waals surface area (Å²) in [5.41, 5.74) is 3.01. The average molecular weight is 340 g/mol. The summed E-state index contributed by atoms with van der Waals surface area (Å²) in [5, 5.41) is 17.2. The molecule has 0 saturated heterocycles. The van der Waals surface area contributed by atoms with E-state index in [0.29, 0.717) is 0 Å². The van der Waals surface area contributed by atoms with Crippen LogP contribution in [0, 0.1) is 17.0 Å². The first-order chi connectivity index (χ1) is 11.5. The van der Waals surface area contributed by atoms with Gasteiger partial charge in [-0.15, -0.1) is 11.3 Å². The molecule has 1 N–H and O–H groups in total. The predicted molar refractivity (Wildman–Crippen MR) is 95.2 cm³/mol. The molecule has 7 heteroatoms.